The molecule has 0 spiro atoms. The predicted octanol–water partition coefficient (Wildman–Crippen LogP) is 1.91. The van der Waals surface area contributed by atoms with E-state index in [4.69, 9.17) is 5.11 Å². The van der Waals surface area contributed by atoms with Gasteiger partial charge < -0.3 is 15.3 Å². The van der Waals surface area contributed by atoms with Gasteiger partial charge in [-0.2, -0.15) is 0 Å². The van der Waals surface area contributed by atoms with Gasteiger partial charge in [-0.3, -0.25) is 4.90 Å². The minimum atomic E-state index is -0.0799. The Labute approximate surface area is 129 Å². The summed E-state index contributed by atoms with van der Waals surface area (Å²) in [4.78, 5) is 16.2. The van der Waals surface area contributed by atoms with Crippen molar-refractivity contribution >= 4 is 6.03 Å². The molecule has 1 unspecified atom stereocenters. The van der Waals surface area contributed by atoms with Crippen LogP contribution in [-0.4, -0.2) is 65.8 Å². The molecule has 2 amide bonds. The number of rotatable bonds is 7. The maximum absolute atomic E-state index is 12.1. The third kappa shape index (κ3) is 5.47. The van der Waals surface area contributed by atoms with Crippen LogP contribution in [0.25, 0.3) is 0 Å². The second-order valence-electron chi connectivity index (χ2n) is 6.64. The number of aliphatic hydroxyl groups excluding tert-OH is 1. The molecule has 1 aliphatic rings. The molecule has 1 aliphatic heterocycles. The maximum Gasteiger partial charge on any atom is 0.317 e. The van der Waals surface area contributed by atoms with Crippen molar-refractivity contribution in [1.29, 1.82) is 0 Å². The van der Waals surface area contributed by atoms with Gasteiger partial charge in [0.1, 0.15) is 0 Å². The van der Waals surface area contributed by atoms with E-state index in [1.54, 1.807) is 4.90 Å². The van der Waals surface area contributed by atoms with Crippen LogP contribution in [0.4, 0.5) is 4.79 Å². The third-order valence-corrected chi connectivity index (χ3v) is 4.66. The second kappa shape index (κ2) is 8.59. The van der Waals surface area contributed by atoms with E-state index in [9.17, 15) is 4.79 Å². The molecule has 0 bridgehead atoms. The highest BCUT2D eigenvalue weighted by Crippen LogP contribution is 2.25. The number of hydrogen-bond acceptors (Lipinski definition) is 3. The highest BCUT2D eigenvalue weighted by molar-refractivity contribution is 5.74. The van der Waals surface area contributed by atoms with Gasteiger partial charge in [-0.25, -0.2) is 4.79 Å². The van der Waals surface area contributed by atoms with E-state index in [1.807, 2.05) is 6.92 Å². The molecule has 0 aliphatic carbocycles. The number of likely N-dealkylation sites (tertiary alicyclic amines) is 1. The SMILES string of the molecule is CCC1CCCN(C(C)(C)CNC(=O)N(CC)CCO)C1. The largest absolute Gasteiger partial charge is 0.395 e. The van der Waals surface area contributed by atoms with Gasteiger partial charge in [-0.15, -0.1) is 0 Å². The second-order valence-corrected chi connectivity index (χ2v) is 6.64. The minimum Gasteiger partial charge on any atom is -0.395 e. The van der Waals surface area contributed by atoms with Crippen molar-refractivity contribution in [2.75, 3.05) is 39.3 Å². The zero-order valence-electron chi connectivity index (χ0n) is 14.2. The van der Waals surface area contributed by atoms with Gasteiger partial charge in [-0.1, -0.05) is 13.3 Å². The van der Waals surface area contributed by atoms with Crippen LogP contribution in [0.15, 0.2) is 0 Å². The van der Waals surface area contributed by atoms with Gasteiger partial charge in [-0.05, 0) is 46.1 Å². The van der Waals surface area contributed by atoms with Crippen molar-refractivity contribution in [3.63, 3.8) is 0 Å². The Morgan fingerprint density at radius 2 is 2.14 bits per heavy atom. The van der Waals surface area contributed by atoms with Gasteiger partial charge in [0.2, 0.25) is 0 Å². The number of amides is 2. The van der Waals surface area contributed by atoms with E-state index in [-0.39, 0.29) is 18.2 Å². The molecule has 0 aromatic rings. The van der Waals surface area contributed by atoms with E-state index >= 15 is 0 Å². The van der Waals surface area contributed by atoms with Gasteiger partial charge >= 0.3 is 6.03 Å². The highest BCUT2D eigenvalue weighted by atomic mass is 16.3. The fraction of sp³-hybridized carbons (Fsp3) is 0.938. The van der Waals surface area contributed by atoms with Gasteiger partial charge in [0.25, 0.3) is 0 Å². The quantitative estimate of drug-likeness (QED) is 0.755. The number of likely N-dealkylation sites (N-methyl/N-ethyl adjacent to an activating group) is 1. The van der Waals surface area contributed by atoms with Crippen molar-refractivity contribution in [3.05, 3.63) is 0 Å². The van der Waals surface area contributed by atoms with Crippen LogP contribution in [0.2, 0.25) is 0 Å². The van der Waals surface area contributed by atoms with Crippen LogP contribution in [0.3, 0.4) is 0 Å². The standard InChI is InChI=1S/C16H33N3O2/c1-5-14-8-7-9-19(12-14)16(3,4)13-17-15(21)18(6-2)10-11-20/h14,20H,5-13H2,1-4H3,(H,17,21). The van der Waals surface area contributed by atoms with E-state index < -0.39 is 0 Å². The van der Waals surface area contributed by atoms with E-state index in [0.29, 0.717) is 19.6 Å². The van der Waals surface area contributed by atoms with E-state index in [0.717, 1.165) is 19.0 Å². The summed E-state index contributed by atoms with van der Waals surface area (Å²) < 4.78 is 0. The summed E-state index contributed by atoms with van der Waals surface area (Å²) in [7, 11) is 0. The fourth-order valence-corrected chi connectivity index (χ4v) is 2.99. The monoisotopic (exact) mass is 299 g/mol. The van der Waals surface area contributed by atoms with Crippen molar-refractivity contribution in [2.24, 2.45) is 5.92 Å². The lowest BCUT2D eigenvalue weighted by molar-refractivity contribution is 0.0652. The smallest absolute Gasteiger partial charge is 0.317 e. The van der Waals surface area contributed by atoms with Crippen LogP contribution in [0.5, 0.6) is 0 Å². The van der Waals surface area contributed by atoms with Crippen LogP contribution >= 0.6 is 0 Å². The Kier molecular flexibility index (Phi) is 7.46. The van der Waals surface area contributed by atoms with Crippen LogP contribution in [-0.2, 0) is 0 Å². The van der Waals surface area contributed by atoms with Crippen molar-refractivity contribution < 1.29 is 9.90 Å². The van der Waals surface area contributed by atoms with Gasteiger partial charge in [0, 0.05) is 31.7 Å². The van der Waals surface area contributed by atoms with Gasteiger partial charge in [0.05, 0.1) is 6.61 Å². The Hall–Kier alpha value is -0.810. The molecule has 0 saturated carbocycles. The van der Waals surface area contributed by atoms with Crippen LogP contribution < -0.4 is 5.32 Å². The number of piperidine rings is 1. The summed E-state index contributed by atoms with van der Waals surface area (Å²) in [6, 6.07) is -0.0799. The Morgan fingerprint density at radius 3 is 2.71 bits per heavy atom. The highest BCUT2D eigenvalue weighted by Gasteiger charge is 2.31. The minimum absolute atomic E-state index is 0.00889. The summed E-state index contributed by atoms with van der Waals surface area (Å²) in [6.45, 7) is 12.5. The molecule has 5 nitrogen and oxygen atoms in total. The molecule has 1 fully saturated rings. The Bertz CT molecular complexity index is 321. The van der Waals surface area contributed by atoms with Crippen molar-refractivity contribution in [1.82, 2.24) is 15.1 Å². The number of carbonyl (C=O) groups excluding carboxylic acids is 1. The number of hydrogen-bond donors (Lipinski definition) is 2. The number of nitrogens with zero attached hydrogens (tertiary/aromatic N) is 2. The van der Waals surface area contributed by atoms with Crippen molar-refractivity contribution in [2.45, 2.75) is 52.5 Å². The molecule has 1 heterocycles. The molecule has 5 heteroatoms. The molecule has 124 valence electrons. The molecule has 1 atom stereocenters. The molecule has 21 heavy (non-hydrogen) atoms. The first-order valence-corrected chi connectivity index (χ1v) is 8.33. The number of aliphatic hydroxyl groups is 1. The first-order chi connectivity index (χ1) is 9.94. The molecule has 0 radical (unpaired) electrons. The molecule has 0 aromatic carbocycles. The Morgan fingerprint density at radius 1 is 1.43 bits per heavy atom. The molecule has 0 aromatic heterocycles. The van der Waals surface area contributed by atoms with Crippen molar-refractivity contribution in [3.8, 4) is 0 Å². The lowest BCUT2D eigenvalue weighted by atomic mass is 9.91. The predicted molar refractivity (Wildman–Crippen MR) is 86.4 cm³/mol. The first-order valence-electron chi connectivity index (χ1n) is 8.33. The van der Waals surface area contributed by atoms with Gasteiger partial charge in [0.15, 0.2) is 0 Å². The molecule has 1 saturated heterocycles. The molecule has 2 N–H and O–H groups in total. The lowest BCUT2D eigenvalue weighted by Gasteiger charge is -2.43. The summed E-state index contributed by atoms with van der Waals surface area (Å²) in [5.74, 6) is 0.787. The average Bonchev–Trinajstić information content (AvgIpc) is 2.50. The number of carbonyl (C=O) groups is 1. The van der Waals surface area contributed by atoms with E-state index in [2.05, 4.69) is 31.0 Å². The number of nitrogens with one attached hydrogen (secondary N) is 1. The van der Waals surface area contributed by atoms with Crippen LogP contribution in [0, 0.1) is 5.92 Å². The summed E-state index contributed by atoms with van der Waals surface area (Å²) in [5, 5.41) is 12.0. The summed E-state index contributed by atoms with van der Waals surface area (Å²) in [6.07, 6.45) is 3.82. The maximum atomic E-state index is 12.1. The Balaban J connectivity index is 2.49. The zero-order valence-corrected chi connectivity index (χ0v) is 14.2. The topological polar surface area (TPSA) is 55.8 Å². The normalized spacial score (nSPS) is 20.3. The molecular formula is C16H33N3O2. The zero-order chi connectivity index (χ0) is 15.9. The van der Waals surface area contributed by atoms with Crippen LogP contribution in [0.1, 0.15) is 47.0 Å². The molecule has 1 rings (SSSR count). The average molecular weight is 299 g/mol. The number of urea groups is 1. The summed E-state index contributed by atoms with van der Waals surface area (Å²) in [5.41, 5.74) is -0.0257. The lowest BCUT2D eigenvalue weighted by Crippen LogP contribution is -2.56. The summed E-state index contributed by atoms with van der Waals surface area (Å²) >= 11 is 0. The third-order valence-electron chi connectivity index (χ3n) is 4.66. The fourth-order valence-electron chi connectivity index (χ4n) is 2.99. The first kappa shape index (κ1) is 18.2. The van der Waals surface area contributed by atoms with E-state index in [1.165, 1.54) is 19.3 Å². The molecular weight excluding hydrogens is 266 g/mol.